The van der Waals surface area contributed by atoms with Crippen molar-refractivity contribution < 1.29 is 9.47 Å². The SMILES string of the molecule is CCCOc1ccc(CNC(=NC)NCC2(N3CCOCC3)CCCCC2)cn1. The standard InChI is InChI=1S/C22H37N5O2/c1-3-13-29-20-8-7-19(16-24-20)17-25-21(23-2)26-18-22(9-5-4-6-10-22)27-11-14-28-15-12-27/h7-8,16H,3-6,9-15,17-18H2,1-2H3,(H2,23,25,26). The number of hydrogen-bond acceptors (Lipinski definition) is 5. The quantitative estimate of drug-likeness (QED) is 0.514. The minimum atomic E-state index is 0.222. The van der Waals surface area contributed by atoms with Crippen LogP contribution in [0.25, 0.3) is 0 Å². The second-order valence-electron chi connectivity index (χ2n) is 8.02. The van der Waals surface area contributed by atoms with E-state index < -0.39 is 0 Å². The van der Waals surface area contributed by atoms with Crippen LogP contribution >= 0.6 is 0 Å². The van der Waals surface area contributed by atoms with Crippen LogP contribution in [0.4, 0.5) is 0 Å². The van der Waals surface area contributed by atoms with E-state index in [1.807, 2.05) is 19.3 Å². The lowest BCUT2D eigenvalue weighted by Gasteiger charge is -2.48. The highest BCUT2D eigenvalue weighted by atomic mass is 16.5. The molecule has 1 aliphatic heterocycles. The molecule has 1 saturated heterocycles. The molecule has 3 rings (SSSR count). The summed E-state index contributed by atoms with van der Waals surface area (Å²) in [5.41, 5.74) is 1.33. The van der Waals surface area contributed by atoms with E-state index in [1.54, 1.807) is 0 Å². The van der Waals surface area contributed by atoms with Gasteiger partial charge in [0.05, 0.1) is 19.8 Å². The van der Waals surface area contributed by atoms with Gasteiger partial charge in [-0.05, 0) is 24.8 Å². The predicted octanol–water partition coefficient (Wildman–Crippen LogP) is 2.57. The summed E-state index contributed by atoms with van der Waals surface area (Å²) in [7, 11) is 1.83. The van der Waals surface area contributed by atoms with Gasteiger partial charge in [-0.25, -0.2) is 4.98 Å². The minimum absolute atomic E-state index is 0.222. The molecule has 1 aliphatic carbocycles. The van der Waals surface area contributed by atoms with Gasteiger partial charge in [-0.3, -0.25) is 9.89 Å². The number of hydrogen-bond donors (Lipinski definition) is 2. The Bertz CT molecular complexity index is 623. The van der Waals surface area contributed by atoms with Crippen LogP contribution < -0.4 is 15.4 Å². The van der Waals surface area contributed by atoms with E-state index in [9.17, 15) is 0 Å². The highest BCUT2D eigenvalue weighted by Crippen LogP contribution is 2.33. The first-order valence-electron chi connectivity index (χ1n) is 11.1. The number of pyridine rings is 1. The van der Waals surface area contributed by atoms with Crippen molar-refractivity contribution in [2.75, 3.05) is 46.5 Å². The van der Waals surface area contributed by atoms with Crippen molar-refractivity contribution in [3.8, 4) is 5.88 Å². The molecule has 7 nitrogen and oxygen atoms in total. The first kappa shape index (κ1) is 21.8. The lowest BCUT2D eigenvalue weighted by molar-refractivity contribution is -0.0352. The number of ether oxygens (including phenoxy) is 2. The zero-order chi connectivity index (χ0) is 20.4. The fraction of sp³-hybridized carbons (Fsp3) is 0.727. The molecule has 0 atom stereocenters. The van der Waals surface area contributed by atoms with Crippen molar-refractivity contribution in [3.05, 3.63) is 23.9 Å². The number of rotatable bonds is 8. The monoisotopic (exact) mass is 403 g/mol. The van der Waals surface area contributed by atoms with E-state index in [0.717, 1.165) is 50.8 Å². The number of morpholine rings is 1. The molecule has 0 radical (unpaired) electrons. The molecule has 2 N–H and O–H groups in total. The molecule has 0 unspecified atom stereocenters. The van der Waals surface area contributed by atoms with Crippen LogP contribution in [0.2, 0.25) is 0 Å². The van der Waals surface area contributed by atoms with Crippen LogP contribution in [-0.4, -0.2) is 67.9 Å². The maximum Gasteiger partial charge on any atom is 0.213 e. The van der Waals surface area contributed by atoms with Crippen molar-refractivity contribution in [2.45, 2.75) is 57.5 Å². The Hall–Kier alpha value is -1.86. The predicted molar refractivity (Wildman–Crippen MR) is 116 cm³/mol. The number of nitrogens with zero attached hydrogens (tertiary/aromatic N) is 3. The molecule has 0 bridgehead atoms. The average molecular weight is 404 g/mol. The molecular weight excluding hydrogens is 366 g/mol. The van der Waals surface area contributed by atoms with Crippen molar-refractivity contribution >= 4 is 5.96 Å². The third-order valence-corrected chi connectivity index (χ3v) is 5.99. The average Bonchev–Trinajstić information content (AvgIpc) is 2.80. The van der Waals surface area contributed by atoms with E-state index in [1.165, 1.54) is 32.1 Å². The van der Waals surface area contributed by atoms with E-state index in [2.05, 4.69) is 38.5 Å². The molecule has 162 valence electrons. The Kier molecular flexibility index (Phi) is 8.55. The Balaban J connectivity index is 1.52. The highest BCUT2D eigenvalue weighted by molar-refractivity contribution is 5.79. The van der Waals surface area contributed by atoms with Gasteiger partial charge in [0.15, 0.2) is 5.96 Å². The smallest absolute Gasteiger partial charge is 0.213 e. The number of aliphatic imine (C=N–C) groups is 1. The van der Waals surface area contributed by atoms with Gasteiger partial charge in [-0.1, -0.05) is 32.3 Å². The fourth-order valence-corrected chi connectivity index (χ4v) is 4.31. The zero-order valence-corrected chi connectivity index (χ0v) is 18.1. The van der Waals surface area contributed by atoms with Gasteiger partial charge in [-0.2, -0.15) is 0 Å². The van der Waals surface area contributed by atoms with Crippen LogP contribution in [0.5, 0.6) is 5.88 Å². The number of guanidine groups is 1. The van der Waals surface area contributed by atoms with Gasteiger partial charge < -0.3 is 20.1 Å². The Morgan fingerprint density at radius 1 is 1.21 bits per heavy atom. The summed E-state index contributed by atoms with van der Waals surface area (Å²) < 4.78 is 11.1. The minimum Gasteiger partial charge on any atom is -0.478 e. The van der Waals surface area contributed by atoms with Crippen molar-refractivity contribution in [1.29, 1.82) is 0 Å². The fourth-order valence-electron chi connectivity index (χ4n) is 4.31. The molecule has 2 heterocycles. The Labute approximate surface area is 175 Å². The van der Waals surface area contributed by atoms with Gasteiger partial charge in [0.2, 0.25) is 5.88 Å². The van der Waals surface area contributed by atoms with Crippen LogP contribution in [0.15, 0.2) is 23.3 Å². The van der Waals surface area contributed by atoms with E-state index in [0.29, 0.717) is 19.0 Å². The summed E-state index contributed by atoms with van der Waals surface area (Å²) in [5.74, 6) is 1.53. The van der Waals surface area contributed by atoms with Crippen LogP contribution in [0.3, 0.4) is 0 Å². The summed E-state index contributed by atoms with van der Waals surface area (Å²) in [6, 6.07) is 3.98. The van der Waals surface area contributed by atoms with Gasteiger partial charge in [0.25, 0.3) is 0 Å². The largest absolute Gasteiger partial charge is 0.478 e. The van der Waals surface area contributed by atoms with E-state index in [4.69, 9.17) is 9.47 Å². The third-order valence-electron chi connectivity index (χ3n) is 5.99. The maximum absolute atomic E-state index is 5.59. The second-order valence-corrected chi connectivity index (χ2v) is 8.02. The Morgan fingerprint density at radius 3 is 2.66 bits per heavy atom. The van der Waals surface area contributed by atoms with Crippen molar-refractivity contribution in [2.24, 2.45) is 4.99 Å². The van der Waals surface area contributed by atoms with Crippen LogP contribution in [0.1, 0.15) is 51.0 Å². The lowest BCUT2D eigenvalue weighted by Crippen LogP contribution is -2.60. The summed E-state index contributed by atoms with van der Waals surface area (Å²) in [5, 5.41) is 7.02. The first-order valence-corrected chi connectivity index (χ1v) is 11.1. The Morgan fingerprint density at radius 2 is 2.00 bits per heavy atom. The van der Waals surface area contributed by atoms with E-state index >= 15 is 0 Å². The molecule has 1 aromatic heterocycles. The van der Waals surface area contributed by atoms with Crippen molar-refractivity contribution in [3.63, 3.8) is 0 Å². The molecule has 0 aromatic carbocycles. The molecule has 1 saturated carbocycles. The maximum atomic E-state index is 5.59. The van der Waals surface area contributed by atoms with Gasteiger partial charge in [-0.15, -0.1) is 0 Å². The van der Waals surface area contributed by atoms with Crippen LogP contribution in [-0.2, 0) is 11.3 Å². The van der Waals surface area contributed by atoms with Gasteiger partial charge in [0, 0.05) is 51.0 Å². The van der Waals surface area contributed by atoms with Gasteiger partial charge in [0.1, 0.15) is 0 Å². The lowest BCUT2D eigenvalue weighted by atomic mass is 9.80. The summed E-state index contributed by atoms with van der Waals surface area (Å²) >= 11 is 0. The molecule has 29 heavy (non-hydrogen) atoms. The number of nitrogens with one attached hydrogen (secondary N) is 2. The van der Waals surface area contributed by atoms with Crippen molar-refractivity contribution in [1.82, 2.24) is 20.5 Å². The topological polar surface area (TPSA) is 71.0 Å². The normalized spacial score (nSPS) is 20.3. The summed E-state index contributed by atoms with van der Waals surface area (Å²) in [6.07, 6.45) is 9.32. The molecule has 0 amide bonds. The molecule has 2 aliphatic rings. The van der Waals surface area contributed by atoms with Crippen LogP contribution in [0, 0.1) is 0 Å². The zero-order valence-electron chi connectivity index (χ0n) is 18.1. The first-order chi connectivity index (χ1) is 14.3. The molecule has 2 fully saturated rings. The molecule has 1 aromatic rings. The third kappa shape index (κ3) is 6.31. The summed E-state index contributed by atoms with van der Waals surface area (Å²) in [6.45, 7) is 8.16. The molecule has 0 spiro atoms. The van der Waals surface area contributed by atoms with Gasteiger partial charge >= 0.3 is 0 Å². The highest BCUT2D eigenvalue weighted by Gasteiger charge is 2.38. The number of aromatic nitrogens is 1. The van der Waals surface area contributed by atoms with E-state index in [-0.39, 0.29) is 5.54 Å². The second kappa shape index (κ2) is 11.4. The molecular formula is C22H37N5O2. The summed E-state index contributed by atoms with van der Waals surface area (Å²) in [4.78, 5) is 11.4. The molecule has 7 heteroatoms.